The largest absolute Gasteiger partial charge is 0.497 e. The summed E-state index contributed by atoms with van der Waals surface area (Å²) in [7, 11) is 1.70. The molecular formula is C18H23NO. The average Bonchev–Trinajstić information content (AvgIpc) is 2.47. The van der Waals surface area contributed by atoms with Crippen molar-refractivity contribution >= 4 is 0 Å². The fraction of sp³-hybridized carbons (Fsp3) is 0.333. The standard InChI is InChI=1S/C18H23NO/c1-13-8-10-16(11-9-13)14(2)19-15(3)17-6-5-7-18(12-17)20-4/h5-12,14-15,19H,1-4H3/t14-,15?/m1/s1. The molecule has 2 aromatic carbocycles. The van der Waals surface area contributed by atoms with Gasteiger partial charge < -0.3 is 10.1 Å². The lowest BCUT2D eigenvalue weighted by molar-refractivity contribution is 0.412. The summed E-state index contributed by atoms with van der Waals surface area (Å²) in [6.45, 7) is 6.49. The molecule has 1 unspecified atom stereocenters. The second-order valence-corrected chi connectivity index (χ2v) is 5.30. The first-order valence-corrected chi connectivity index (χ1v) is 7.06. The molecule has 2 aromatic rings. The van der Waals surface area contributed by atoms with Gasteiger partial charge in [0.2, 0.25) is 0 Å². The van der Waals surface area contributed by atoms with Gasteiger partial charge in [0.1, 0.15) is 5.75 Å². The molecule has 2 atom stereocenters. The molecule has 0 fully saturated rings. The summed E-state index contributed by atoms with van der Waals surface area (Å²) in [6, 6.07) is 17.5. The van der Waals surface area contributed by atoms with Gasteiger partial charge in [-0.05, 0) is 44.0 Å². The van der Waals surface area contributed by atoms with Crippen LogP contribution >= 0.6 is 0 Å². The first-order chi connectivity index (χ1) is 9.60. The Labute approximate surface area is 121 Å². The molecule has 2 rings (SSSR count). The van der Waals surface area contributed by atoms with Crippen molar-refractivity contribution in [2.24, 2.45) is 0 Å². The molecule has 0 saturated heterocycles. The van der Waals surface area contributed by atoms with Crippen LogP contribution in [-0.2, 0) is 0 Å². The monoisotopic (exact) mass is 269 g/mol. The number of methoxy groups -OCH3 is 1. The SMILES string of the molecule is COc1cccc(C(C)N[C@H](C)c2ccc(C)cc2)c1. The Kier molecular flexibility index (Phi) is 4.80. The van der Waals surface area contributed by atoms with Crippen molar-refractivity contribution in [2.75, 3.05) is 7.11 Å². The molecule has 2 heteroatoms. The zero-order valence-electron chi connectivity index (χ0n) is 12.7. The Balaban J connectivity index is 2.06. The lowest BCUT2D eigenvalue weighted by Crippen LogP contribution is -2.22. The topological polar surface area (TPSA) is 21.3 Å². The summed E-state index contributed by atoms with van der Waals surface area (Å²) in [6.07, 6.45) is 0. The Hall–Kier alpha value is -1.80. The first kappa shape index (κ1) is 14.6. The Morgan fingerprint density at radius 2 is 1.55 bits per heavy atom. The van der Waals surface area contributed by atoms with Crippen molar-refractivity contribution in [1.29, 1.82) is 0 Å². The van der Waals surface area contributed by atoms with E-state index in [1.165, 1.54) is 16.7 Å². The molecule has 0 amide bonds. The highest BCUT2D eigenvalue weighted by molar-refractivity contribution is 5.31. The second-order valence-electron chi connectivity index (χ2n) is 5.30. The number of hydrogen-bond acceptors (Lipinski definition) is 2. The third-order valence-electron chi connectivity index (χ3n) is 3.67. The lowest BCUT2D eigenvalue weighted by Gasteiger charge is -2.21. The summed E-state index contributed by atoms with van der Waals surface area (Å²) in [5.74, 6) is 0.902. The van der Waals surface area contributed by atoms with Crippen LogP contribution in [0.3, 0.4) is 0 Å². The van der Waals surface area contributed by atoms with Crippen molar-refractivity contribution in [3.8, 4) is 5.75 Å². The molecule has 106 valence electrons. The molecule has 2 nitrogen and oxygen atoms in total. The van der Waals surface area contributed by atoms with Crippen molar-refractivity contribution in [1.82, 2.24) is 5.32 Å². The highest BCUT2D eigenvalue weighted by atomic mass is 16.5. The van der Waals surface area contributed by atoms with Crippen LogP contribution in [0.15, 0.2) is 48.5 Å². The molecule has 0 spiro atoms. The Morgan fingerprint density at radius 3 is 2.20 bits per heavy atom. The fourth-order valence-corrected chi connectivity index (χ4v) is 2.33. The van der Waals surface area contributed by atoms with E-state index in [4.69, 9.17) is 4.74 Å². The van der Waals surface area contributed by atoms with E-state index >= 15 is 0 Å². The zero-order chi connectivity index (χ0) is 14.5. The number of nitrogens with one attached hydrogen (secondary N) is 1. The minimum atomic E-state index is 0.279. The highest BCUT2D eigenvalue weighted by Crippen LogP contribution is 2.22. The van der Waals surface area contributed by atoms with E-state index in [9.17, 15) is 0 Å². The Bertz CT molecular complexity index is 548. The predicted octanol–water partition coefficient (Wildman–Crippen LogP) is 4.42. The van der Waals surface area contributed by atoms with Crippen LogP contribution in [0, 0.1) is 6.92 Å². The van der Waals surface area contributed by atoms with Crippen LogP contribution in [0.25, 0.3) is 0 Å². The lowest BCUT2D eigenvalue weighted by atomic mass is 10.0. The molecule has 20 heavy (non-hydrogen) atoms. The maximum Gasteiger partial charge on any atom is 0.119 e. The predicted molar refractivity (Wildman–Crippen MR) is 84.1 cm³/mol. The quantitative estimate of drug-likeness (QED) is 0.867. The molecule has 0 bridgehead atoms. The van der Waals surface area contributed by atoms with Crippen molar-refractivity contribution < 1.29 is 4.74 Å². The van der Waals surface area contributed by atoms with Gasteiger partial charge in [0, 0.05) is 12.1 Å². The van der Waals surface area contributed by atoms with Crippen LogP contribution < -0.4 is 10.1 Å². The van der Waals surface area contributed by atoms with Crippen LogP contribution in [0.4, 0.5) is 0 Å². The van der Waals surface area contributed by atoms with Gasteiger partial charge in [-0.3, -0.25) is 0 Å². The summed E-state index contributed by atoms with van der Waals surface area (Å²) in [4.78, 5) is 0. The van der Waals surface area contributed by atoms with Gasteiger partial charge in [-0.1, -0.05) is 42.0 Å². The van der Waals surface area contributed by atoms with Gasteiger partial charge in [-0.15, -0.1) is 0 Å². The molecule has 0 aliphatic rings. The van der Waals surface area contributed by atoms with Gasteiger partial charge in [-0.25, -0.2) is 0 Å². The van der Waals surface area contributed by atoms with Gasteiger partial charge in [0.05, 0.1) is 7.11 Å². The number of aryl methyl sites for hydroxylation is 1. The molecule has 0 aliphatic heterocycles. The maximum atomic E-state index is 5.28. The number of hydrogen-bond donors (Lipinski definition) is 1. The normalized spacial score (nSPS) is 13.8. The molecule has 0 radical (unpaired) electrons. The van der Waals surface area contributed by atoms with Gasteiger partial charge >= 0.3 is 0 Å². The summed E-state index contributed by atoms with van der Waals surface area (Å²) in [5.41, 5.74) is 3.84. The minimum Gasteiger partial charge on any atom is -0.497 e. The zero-order valence-corrected chi connectivity index (χ0v) is 12.7. The number of ether oxygens (including phenoxy) is 1. The second kappa shape index (κ2) is 6.58. The van der Waals surface area contributed by atoms with Crippen molar-refractivity contribution in [3.63, 3.8) is 0 Å². The summed E-state index contributed by atoms with van der Waals surface area (Å²) < 4.78 is 5.28. The minimum absolute atomic E-state index is 0.279. The number of rotatable bonds is 5. The fourth-order valence-electron chi connectivity index (χ4n) is 2.33. The first-order valence-electron chi connectivity index (χ1n) is 7.06. The van der Waals surface area contributed by atoms with Crippen molar-refractivity contribution in [2.45, 2.75) is 32.9 Å². The van der Waals surface area contributed by atoms with E-state index in [2.05, 4.69) is 62.5 Å². The van der Waals surface area contributed by atoms with E-state index in [-0.39, 0.29) is 6.04 Å². The smallest absolute Gasteiger partial charge is 0.119 e. The van der Waals surface area contributed by atoms with Crippen LogP contribution in [0.5, 0.6) is 5.75 Å². The molecule has 0 aliphatic carbocycles. The third-order valence-corrected chi connectivity index (χ3v) is 3.67. The van der Waals surface area contributed by atoms with Crippen LogP contribution in [-0.4, -0.2) is 7.11 Å². The van der Waals surface area contributed by atoms with Gasteiger partial charge in [-0.2, -0.15) is 0 Å². The van der Waals surface area contributed by atoms with Gasteiger partial charge in [0.25, 0.3) is 0 Å². The van der Waals surface area contributed by atoms with Gasteiger partial charge in [0.15, 0.2) is 0 Å². The van der Waals surface area contributed by atoms with Crippen LogP contribution in [0.2, 0.25) is 0 Å². The van der Waals surface area contributed by atoms with Crippen LogP contribution in [0.1, 0.15) is 42.6 Å². The van der Waals surface area contributed by atoms with E-state index < -0.39 is 0 Å². The van der Waals surface area contributed by atoms with Crippen molar-refractivity contribution in [3.05, 3.63) is 65.2 Å². The number of benzene rings is 2. The average molecular weight is 269 g/mol. The summed E-state index contributed by atoms with van der Waals surface area (Å²) in [5, 5.41) is 3.63. The Morgan fingerprint density at radius 1 is 0.900 bits per heavy atom. The van der Waals surface area contributed by atoms with E-state index in [1.54, 1.807) is 7.11 Å². The molecule has 0 aromatic heterocycles. The van der Waals surface area contributed by atoms with E-state index in [1.807, 2.05) is 12.1 Å². The molecule has 1 N–H and O–H groups in total. The highest BCUT2D eigenvalue weighted by Gasteiger charge is 2.11. The molecule has 0 saturated carbocycles. The van der Waals surface area contributed by atoms with E-state index in [0.29, 0.717) is 6.04 Å². The summed E-state index contributed by atoms with van der Waals surface area (Å²) >= 11 is 0. The van der Waals surface area contributed by atoms with E-state index in [0.717, 1.165) is 5.75 Å². The molecular weight excluding hydrogens is 246 g/mol. The maximum absolute atomic E-state index is 5.28. The molecule has 0 heterocycles. The third kappa shape index (κ3) is 3.61.